The summed E-state index contributed by atoms with van der Waals surface area (Å²) in [5.74, 6) is 0.301. The fourth-order valence-electron chi connectivity index (χ4n) is 3.44. The van der Waals surface area contributed by atoms with Crippen LogP contribution in [0.25, 0.3) is 0 Å². The zero-order valence-corrected chi connectivity index (χ0v) is 11.3. The topological polar surface area (TPSA) is 52.6 Å². The normalized spacial score (nSPS) is 21.7. The molecule has 3 rings (SSSR count). The highest BCUT2D eigenvalue weighted by Gasteiger charge is 2.42. The molecule has 0 unspecified atom stereocenters. The fourth-order valence-corrected chi connectivity index (χ4v) is 3.44. The Morgan fingerprint density at radius 3 is 2.74 bits per heavy atom. The number of anilines is 2. The Balaban J connectivity index is 1.99. The molecule has 2 N–H and O–H groups in total. The van der Waals surface area contributed by atoms with Crippen molar-refractivity contribution >= 4 is 17.3 Å². The molecular formula is C15H20N2O2. The van der Waals surface area contributed by atoms with Crippen LogP contribution in [0.1, 0.15) is 32.1 Å². The molecule has 4 nitrogen and oxygen atoms in total. The molecule has 1 fully saturated rings. The number of nitrogens with zero attached hydrogens (tertiary/aromatic N) is 1. The highest BCUT2D eigenvalue weighted by molar-refractivity contribution is 6.00. The van der Waals surface area contributed by atoms with Crippen molar-refractivity contribution < 1.29 is 9.90 Å². The quantitative estimate of drug-likeness (QED) is 0.754. The molecular weight excluding hydrogens is 240 g/mol. The Morgan fingerprint density at radius 2 is 2.00 bits per heavy atom. The van der Waals surface area contributed by atoms with Crippen molar-refractivity contribution in [1.82, 2.24) is 0 Å². The lowest BCUT2D eigenvalue weighted by Crippen LogP contribution is -2.44. The van der Waals surface area contributed by atoms with Gasteiger partial charge in [-0.05, 0) is 25.0 Å². The van der Waals surface area contributed by atoms with E-state index in [9.17, 15) is 9.90 Å². The van der Waals surface area contributed by atoms with Crippen LogP contribution in [0.15, 0.2) is 18.2 Å². The lowest BCUT2D eigenvalue weighted by Gasteiger charge is -2.36. The van der Waals surface area contributed by atoms with Crippen LogP contribution in [0.2, 0.25) is 0 Å². The minimum Gasteiger partial charge on any atom is -0.508 e. The van der Waals surface area contributed by atoms with Crippen LogP contribution in [0.5, 0.6) is 5.75 Å². The molecule has 1 aromatic carbocycles. The van der Waals surface area contributed by atoms with Gasteiger partial charge >= 0.3 is 0 Å². The van der Waals surface area contributed by atoms with Gasteiger partial charge in [-0.2, -0.15) is 0 Å². The molecule has 19 heavy (non-hydrogen) atoms. The summed E-state index contributed by atoms with van der Waals surface area (Å²) in [6.45, 7) is 0.761. The number of amides is 1. The number of phenols is 1. The summed E-state index contributed by atoms with van der Waals surface area (Å²) in [6.07, 6.45) is 5.41. The zero-order chi connectivity index (χ0) is 13.5. The monoisotopic (exact) mass is 260 g/mol. The van der Waals surface area contributed by atoms with E-state index in [2.05, 4.69) is 10.2 Å². The molecule has 1 spiro atoms. The summed E-state index contributed by atoms with van der Waals surface area (Å²) in [5, 5.41) is 12.6. The first-order valence-electron chi connectivity index (χ1n) is 6.96. The van der Waals surface area contributed by atoms with E-state index in [1.54, 1.807) is 12.1 Å². The van der Waals surface area contributed by atoms with E-state index in [4.69, 9.17) is 0 Å². The smallest absolute Gasteiger partial charge is 0.232 e. The van der Waals surface area contributed by atoms with E-state index in [-0.39, 0.29) is 17.1 Å². The van der Waals surface area contributed by atoms with Crippen molar-refractivity contribution in [2.45, 2.75) is 32.1 Å². The maximum absolute atomic E-state index is 12.6. The molecule has 1 aliphatic carbocycles. The molecule has 0 bridgehead atoms. The molecule has 1 saturated carbocycles. The van der Waals surface area contributed by atoms with Crippen LogP contribution >= 0.6 is 0 Å². The maximum Gasteiger partial charge on any atom is 0.232 e. The minimum absolute atomic E-state index is 0.114. The average molecular weight is 260 g/mol. The molecule has 102 valence electrons. The van der Waals surface area contributed by atoms with E-state index in [1.807, 2.05) is 13.1 Å². The zero-order valence-electron chi connectivity index (χ0n) is 11.3. The lowest BCUT2D eigenvalue weighted by atomic mass is 9.73. The molecule has 1 heterocycles. The number of fused-ring (bicyclic) bond motifs is 1. The van der Waals surface area contributed by atoms with Gasteiger partial charge < -0.3 is 15.3 Å². The number of hydrogen-bond acceptors (Lipinski definition) is 3. The van der Waals surface area contributed by atoms with E-state index in [0.29, 0.717) is 0 Å². The summed E-state index contributed by atoms with van der Waals surface area (Å²) < 4.78 is 0. The average Bonchev–Trinajstić information content (AvgIpc) is 2.47. The third-order valence-electron chi connectivity index (χ3n) is 4.47. The standard InChI is InChI=1S/C15H20N2O2/c1-17-10-15(7-3-2-4-8-15)14(19)16-12-9-11(18)5-6-13(12)17/h5-6,9,18H,2-4,7-8,10H2,1H3,(H,16,19). The van der Waals surface area contributed by atoms with Gasteiger partial charge in [-0.15, -0.1) is 0 Å². The Hall–Kier alpha value is -1.71. The molecule has 1 aliphatic heterocycles. The summed E-state index contributed by atoms with van der Waals surface area (Å²) in [4.78, 5) is 14.7. The largest absolute Gasteiger partial charge is 0.508 e. The summed E-state index contributed by atoms with van der Waals surface area (Å²) in [5.41, 5.74) is 1.44. The first kappa shape index (κ1) is 12.3. The first-order valence-corrected chi connectivity index (χ1v) is 6.96. The van der Waals surface area contributed by atoms with Crippen molar-refractivity contribution in [3.63, 3.8) is 0 Å². The number of aromatic hydroxyl groups is 1. The molecule has 4 heteroatoms. The van der Waals surface area contributed by atoms with Gasteiger partial charge in [-0.1, -0.05) is 19.3 Å². The van der Waals surface area contributed by atoms with E-state index in [0.717, 1.165) is 43.6 Å². The Bertz CT molecular complexity index is 507. The van der Waals surface area contributed by atoms with Crippen molar-refractivity contribution in [3.8, 4) is 5.75 Å². The fraction of sp³-hybridized carbons (Fsp3) is 0.533. The number of rotatable bonds is 0. The number of carbonyl (C=O) groups excluding carboxylic acids is 1. The van der Waals surface area contributed by atoms with Gasteiger partial charge in [0.25, 0.3) is 0 Å². The number of benzene rings is 1. The Morgan fingerprint density at radius 1 is 1.26 bits per heavy atom. The van der Waals surface area contributed by atoms with Gasteiger partial charge in [0.15, 0.2) is 0 Å². The van der Waals surface area contributed by atoms with Crippen LogP contribution in [-0.4, -0.2) is 24.6 Å². The minimum atomic E-state index is -0.262. The second kappa shape index (κ2) is 4.44. The van der Waals surface area contributed by atoms with Crippen LogP contribution in [0.4, 0.5) is 11.4 Å². The van der Waals surface area contributed by atoms with Gasteiger partial charge in [0, 0.05) is 19.7 Å². The van der Waals surface area contributed by atoms with Crippen LogP contribution in [0, 0.1) is 5.41 Å². The van der Waals surface area contributed by atoms with E-state index >= 15 is 0 Å². The second-order valence-corrected chi connectivity index (χ2v) is 5.85. The Kier molecular flexibility index (Phi) is 2.88. The number of hydrogen-bond donors (Lipinski definition) is 2. The Labute approximate surface area is 113 Å². The third kappa shape index (κ3) is 2.05. The van der Waals surface area contributed by atoms with E-state index < -0.39 is 0 Å². The predicted octanol–water partition coefficient (Wildman–Crippen LogP) is 2.73. The summed E-state index contributed by atoms with van der Waals surface area (Å²) in [7, 11) is 2.02. The van der Waals surface area contributed by atoms with Gasteiger partial charge in [0.2, 0.25) is 5.91 Å². The van der Waals surface area contributed by atoms with Crippen LogP contribution < -0.4 is 10.2 Å². The highest BCUT2D eigenvalue weighted by Crippen LogP contribution is 2.43. The van der Waals surface area contributed by atoms with Gasteiger partial charge in [0.05, 0.1) is 16.8 Å². The van der Waals surface area contributed by atoms with Crippen LogP contribution in [0.3, 0.4) is 0 Å². The van der Waals surface area contributed by atoms with Crippen molar-refractivity contribution in [2.24, 2.45) is 5.41 Å². The van der Waals surface area contributed by atoms with Gasteiger partial charge in [-0.3, -0.25) is 4.79 Å². The summed E-state index contributed by atoms with van der Waals surface area (Å²) in [6, 6.07) is 5.17. The molecule has 0 radical (unpaired) electrons. The molecule has 1 aromatic rings. The van der Waals surface area contributed by atoms with Gasteiger partial charge in [0.1, 0.15) is 5.75 Å². The third-order valence-corrected chi connectivity index (χ3v) is 4.47. The highest BCUT2D eigenvalue weighted by atomic mass is 16.3. The summed E-state index contributed by atoms with van der Waals surface area (Å²) >= 11 is 0. The predicted molar refractivity (Wildman–Crippen MR) is 75.5 cm³/mol. The first-order chi connectivity index (χ1) is 9.11. The van der Waals surface area contributed by atoms with Crippen LogP contribution in [-0.2, 0) is 4.79 Å². The molecule has 0 saturated heterocycles. The van der Waals surface area contributed by atoms with Crippen molar-refractivity contribution in [3.05, 3.63) is 18.2 Å². The van der Waals surface area contributed by atoms with Gasteiger partial charge in [-0.25, -0.2) is 0 Å². The van der Waals surface area contributed by atoms with Crippen molar-refractivity contribution in [2.75, 3.05) is 23.8 Å². The molecule has 1 amide bonds. The number of nitrogens with one attached hydrogen (secondary N) is 1. The molecule has 0 aromatic heterocycles. The lowest BCUT2D eigenvalue weighted by molar-refractivity contribution is -0.126. The second-order valence-electron chi connectivity index (χ2n) is 5.85. The van der Waals surface area contributed by atoms with Crippen molar-refractivity contribution in [1.29, 1.82) is 0 Å². The maximum atomic E-state index is 12.6. The van der Waals surface area contributed by atoms with E-state index in [1.165, 1.54) is 6.42 Å². The molecule has 0 atom stereocenters. The number of phenolic OH excluding ortho intramolecular Hbond substituents is 1. The number of carbonyl (C=O) groups is 1. The molecule has 2 aliphatic rings. The SMILES string of the molecule is CN1CC2(CCCCC2)C(=O)Nc2cc(O)ccc21.